The summed E-state index contributed by atoms with van der Waals surface area (Å²) in [6, 6.07) is 6.99. The average Bonchev–Trinajstić information content (AvgIpc) is 2.41. The lowest BCUT2D eigenvalue weighted by atomic mass is 10.1. The molecule has 0 saturated heterocycles. The van der Waals surface area contributed by atoms with Crippen molar-refractivity contribution in [3.8, 4) is 0 Å². The van der Waals surface area contributed by atoms with E-state index in [1.165, 1.54) is 18.2 Å². The first-order chi connectivity index (χ1) is 9.88. The van der Waals surface area contributed by atoms with E-state index >= 15 is 0 Å². The number of benzene rings is 2. The molecule has 1 amide bonds. The number of nitro benzene ring substituents is 1. The highest BCUT2D eigenvalue weighted by Gasteiger charge is 2.21. The lowest BCUT2D eigenvalue weighted by molar-refractivity contribution is -0.385. The van der Waals surface area contributed by atoms with Crippen LogP contribution in [0.25, 0.3) is 0 Å². The molecule has 0 atom stereocenters. The van der Waals surface area contributed by atoms with E-state index in [1.807, 2.05) is 0 Å². The van der Waals surface area contributed by atoms with Gasteiger partial charge < -0.3 is 5.32 Å². The lowest BCUT2D eigenvalue weighted by Gasteiger charge is -2.08. The molecular formula is C13H7Cl2FN2O3. The highest BCUT2D eigenvalue weighted by atomic mass is 35.5. The van der Waals surface area contributed by atoms with Crippen LogP contribution in [0.3, 0.4) is 0 Å². The maximum Gasteiger partial charge on any atom is 0.282 e. The Morgan fingerprint density at radius 1 is 1.19 bits per heavy atom. The van der Waals surface area contributed by atoms with Crippen LogP contribution >= 0.6 is 23.2 Å². The predicted octanol–water partition coefficient (Wildman–Crippen LogP) is 4.29. The molecule has 2 aromatic rings. The minimum Gasteiger partial charge on any atom is -0.320 e. The monoisotopic (exact) mass is 328 g/mol. The highest BCUT2D eigenvalue weighted by Crippen LogP contribution is 2.26. The van der Waals surface area contributed by atoms with Crippen LogP contribution < -0.4 is 5.32 Å². The number of nitro groups is 1. The molecule has 0 aliphatic rings. The Kier molecular flexibility index (Phi) is 4.40. The normalized spacial score (nSPS) is 10.2. The molecule has 0 spiro atoms. The van der Waals surface area contributed by atoms with E-state index in [2.05, 4.69) is 5.32 Å². The Morgan fingerprint density at radius 2 is 1.90 bits per heavy atom. The molecular weight excluding hydrogens is 322 g/mol. The Labute approximate surface area is 128 Å². The van der Waals surface area contributed by atoms with Gasteiger partial charge in [0.1, 0.15) is 11.4 Å². The minimum atomic E-state index is -0.766. The van der Waals surface area contributed by atoms with Crippen molar-refractivity contribution in [2.24, 2.45) is 0 Å². The van der Waals surface area contributed by atoms with Crippen LogP contribution in [0.15, 0.2) is 36.4 Å². The van der Waals surface area contributed by atoms with Gasteiger partial charge in [-0.1, -0.05) is 23.2 Å². The van der Waals surface area contributed by atoms with Crippen molar-refractivity contribution in [1.82, 2.24) is 0 Å². The van der Waals surface area contributed by atoms with Gasteiger partial charge in [-0.3, -0.25) is 14.9 Å². The fourth-order valence-electron chi connectivity index (χ4n) is 1.63. The number of carbonyl (C=O) groups excluding carboxylic acids is 1. The van der Waals surface area contributed by atoms with Gasteiger partial charge in [0.15, 0.2) is 0 Å². The fraction of sp³-hybridized carbons (Fsp3) is 0. The number of nitrogens with one attached hydrogen (secondary N) is 1. The average molecular weight is 329 g/mol. The highest BCUT2D eigenvalue weighted by molar-refractivity contribution is 6.34. The standard InChI is InChI=1S/C13H7Cl2FN2O3/c14-7-1-4-12(18(20)21)9(5-7)13(19)17-11-3-2-8(16)6-10(11)15/h1-6H,(H,17,19). The number of nitrogens with zero attached hydrogens (tertiary/aromatic N) is 1. The van der Waals surface area contributed by atoms with E-state index in [0.29, 0.717) is 0 Å². The molecule has 21 heavy (non-hydrogen) atoms. The van der Waals surface area contributed by atoms with E-state index in [9.17, 15) is 19.3 Å². The van der Waals surface area contributed by atoms with E-state index in [1.54, 1.807) is 0 Å². The molecule has 8 heteroatoms. The summed E-state index contributed by atoms with van der Waals surface area (Å²) < 4.78 is 12.9. The molecule has 0 fully saturated rings. The SMILES string of the molecule is O=C(Nc1ccc(F)cc1Cl)c1cc(Cl)ccc1[N+](=O)[O-]. The molecule has 108 valence electrons. The Bertz CT molecular complexity index is 737. The number of hydrogen-bond acceptors (Lipinski definition) is 3. The molecule has 0 aliphatic heterocycles. The van der Waals surface area contributed by atoms with Crippen LogP contribution in [0.2, 0.25) is 10.0 Å². The minimum absolute atomic E-state index is 0.0203. The first kappa shape index (κ1) is 15.2. The van der Waals surface area contributed by atoms with Gasteiger partial charge in [-0.15, -0.1) is 0 Å². The summed E-state index contributed by atoms with van der Waals surface area (Å²) in [5.41, 5.74) is -0.472. The third kappa shape index (κ3) is 3.48. The molecule has 0 saturated carbocycles. The van der Waals surface area contributed by atoms with Gasteiger partial charge in [0.25, 0.3) is 11.6 Å². The molecule has 0 aromatic heterocycles. The topological polar surface area (TPSA) is 72.2 Å². The number of rotatable bonds is 3. The third-order valence-corrected chi connectivity index (χ3v) is 3.13. The Morgan fingerprint density at radius 3 is 2.52 bits per heavy atom. The third-order valence-electron chi connectivity index (χ3n) is 2.58. The van der Waals surface area contributed by atoms with Crippen LogP contribution in [0.5, 0.6) is 0 Å². The summed E-state index contributed by atoms with van der Waals surface area (Å²) in [5, 5.41) is 13.4. The molecule has 0 radical (unpaired) electrons. The second-order valence-corrected chi connectivity index (χ2v) is 4.84. The first-order valence-corrected chi connectivity index (χ1v) is 6.34. The van der Waals surface area contributed by atoms with Gasteiger partial charge >= 0.3 is 0 Å². The van der Waals surface area contributed by atoms with Crippen LogP contribution in [-0.2, 0) is 0 Å². The summed E-state index contributed by atoms with van der Waals surface area (Å²) in [4.78, 5) is 22.3. The predicted molar refractivity (Wildman–Crippen MR) is 77.5 cm³/mol. The second-order valence-electron chi connectivity index (χ2n) is 4.00. The van der Waals surface area contributed by atoms with E-state index in [4.69, 9.17) is 23.2 Å². The number of amides is 1. The molecule has 2 rings (SSSR count). The molecule has 1 N–H and O–H groups in total. The summed E-state index contributed by atoms with van der Waals surface area (Å²) in [6.45, 7) is 0. The second kappa shape index (κ2) is 6.07. The molecule has 5 nitrogen and oxygen atoms in total. The van der Waals surface area contributed by atoms with Crippen LogP contribution in [0.1, 0.15) is 10.4 Å². The summed E-state index contributed by atoms with van der Waals surface area (Å²) in [6.07, 6.45) is 0. The maximum atomic E-state index is 12.9. The zero-order chi connectivity index (χ0) is 15.6. The Balaban J connectivity index is 2.36. The first-order valence-electron chi connectivity index (χ1n) is 5.59. The molecule has 0 heterocycles. The number of hydrogen-bond donors (Lipinski definition) is 1. The van der Waals surface area contributed by atoms with E-state index in [0.717, 1.165) is 18.2 Å². The largest absolute Gasteiger partial charge is 0.320 e. The van der Waals surface area contributed by atoms with Gasteiger partial charge in [0.05, 0.1) is 15.6 Å². The quantitative estimate of drug-likeness (QED) is 0.674. The van der Waals surface area contributed by atoms with Crippen molar-refractivity contribution in [3.63, 3.8) is 0 Å². The number of halogens is 3. The van der Waals surface area contributed by atoms with Crippen LogP contribution in [-0.4, -0.2) is 10.8 Å². The molecule has 2 aromatic carbocycles. The zero-order valence-corrected chi connectivity index (χ0v) is 11.8. The van der Waals surface area contributed by atoms with Crippen molar-refractivity contribution in [3.05, 3.63) is 67.9 Å². The maximum absolute atomic E-state index is 12.9. The summed E-state index contributed by atoms with van der Waals surface area (Å²) >= 11 is 11.5. The van der Waals surface area contributed by atoms with Crippen molar-refractivity contribution in [2.75, 3.05) is 5.32 Å². The zero-order valence-electron chi connectivity index (χ0n) is 10.3. The van der Waals surface area contributed by atoms with E-state index < -0.39 is 22.3 Å². The number of anilines is 1. The van der Waals surface area contributed by atoms with E-state index in [-0.39, 0.29) is 21.3 Å². The van der Waals surface area contributed by atoms with Gasteiger partial charge in [-0.05, 0) is 30.3 Å². The summed E-state index contributed by atoms with van der Waals surface area (Å²) in [5.74, 6) is -1.33. The van der Waals surface area contributed by atoms with Crippen molar-refractivity contribution < 1.29 is 14.1 Å². The van der Waals surface area contributed by atoms with Crippen LogP contribution in [0.4, 0.5) is 15.8 Å². The molecule has 0 unspecified atom stereocenters. The Hall–Kier alpha value is -2.18. The fourth-order valence-corrected chi connectivity index (χ4v) is 2.02. The number of carbonyl (C=O) groups is 1. The smallest absolute Gasteiger partial charge is 0.282 e. The van der Waals surface area contributed by atoms with Gasteiger partial charge in [-0.2, -0.15) is 0 Å². The van der Waals surface area contributed by atoms with Gasteiger partial charge in [0, 0.05) is 11.1 Å². The van der Waals surface area contributed by atoms with Gasteiger partial charge in [0.2, 0.25) is 0 Å². The van der Waals surface area contributed by atoms with Crippen molar-refractivity contribution >= 4 is 40.5 Å². The van der Waals surface area contributed by atoms with Gasteiger partial charge in [-0.25, -0.2) is 4.39 Å². The summed E-state index contributed by atoms with van der Waals surface area (Å²) in [7, 11) is 0. The van der Waals surface area contributed by atoms with Crippen molar-refractivity contribution in [1.29, 1.82) is 0 Å². The van der Waals surface area contributed by atoms with Crippen LogP contribution in [0, 0.1) is 15.9 Å². The van der Waals surface area contributed by atoms with Crippen molar-refractivity contribution in [2.45, 2.75) is 0 Å². The lowest BCUT2D eigenvalue weighted by Crippen LogP contribution is -2.14. The molecule has 0 aliphatic carbocycles. The molecule has 0 bridgehead atoms.